The zero-order valence-corrected chi connectivity index (χ0v) is 9.36. The van der Waals surface area contributed by atoms with Crippen molar-refractivity contribution in [3.05, 3.63) is 17.7 Å². The molecule has 0 radical (unpaired) electrons. The third kappa shape index (κ3) is 2.75. The summed E-state index contributed by atoms with van der Waals surface area (Å²) >= 11 is 2.06. The molecule has 1 unspecified atom stereocenters. The molecule has 4 heteroatoms. The third-order valence-electron chi connectivity index (χ3n) is 2.50. The lowest BCUT2D eigenvalue weighted by Crippen LogP contribution is -2.33. The van der Waals surface area contributed by atoms with Crippen LogP contribution in [-0.2, 0) is 6.54 Å². The van der Waals surface area contributed by atoms with E-state index in [9.17, 15) is 0 Å². The number of H-pyrrole nitrogens is 1. The molecule has 0 saturated carbocycles. The van der Waals surface area contributed by atoms with Gasteiger partial charge < -0.3 is 10.3 Å². The number of aryl methyl sites for hydroxylation is 1. The van der Waals surface area contributed by atoms with Crippen molar-refractivity contribution < 1.29 is 0 Å². The highest BCUT2D eigenvalue weighted by molar-refractivity contribution is 7.99. The molecule has 1 aliphatic heterocycles. The summed E-state index contributed by atoms with van der Waals surface area (Å²) in [5, 5.41) is 3.56. The highest BCUT2D eigenvalue weighted by atomic mass is 32.2. The minimum absolute atomic E-state index is 0.692. The summed E-state index contributed by atoms with van der Waals surface area (Å²) in [5.74, 6) is 3.59. The fourth-order valence-electron chi connectivity index (χ4n) is 1.72. The average molecular weight is 211 g/mol. The molecule has 1 fully saturated rings. The Labute approximate surface area is 89.1 Å². The second-order valence-electron chi connectivity index (χ2n) is 3.79. The first-order chi connectivity index (χ1) is 6.84. The van der Waals surface area contributed by atoms with Gasteiger partial charge in [0, 0.05) is 30.2 Å². The second kappa shape index (κ2) is 4.84. The van der Waals surface area contributed by atoms with E-state index in [1.54, 1.807) is 0 Å². The number of hydrogen-bond donors (Lipinski definition) is 2. The van der Waals surface area contributed by atoms with E-state index in [0.29, 0.717) is 6.04 Å². The standard InChI is InChI=1S/C10H17N3S/c1-8-11-5-10(13-8)6-12-9-3-2-4-14-7-9/h5,9,12H,2-4,6-7H2,1H3,(H,11,13). The molecule has 0 amide bonds. The molecule has 2 N–H and O–H groups in total. The highest BCUT2D eigenvalue weighted by Crippen LogP contribution is 2.17. The fourth-order valence-corrected chi connectivity index (χ4v) is 2.82. The van der Waals surface area contributed by atoms with E-state index in [2.05, 4.69) is 27.0 Å². The number of imidazole rings is 1. The van der Waals surface area contributed by atoms with Crippen molar-refractivity contribution in [1.82, 2.24) is 15.3 Å². The van der Waals surface area contributed by atoms with Gasteiger partial charge in [-0.05, 0) is 25.5 Å². The maximum Gasteiger partial charge on any atom is 0.103 e. The lowest BCUT2D eigenvalue weighted by atomic mass is 10.2. The first-order valence-electron chi connectivity index (χ1n) is 5.16. The summed E-state index contributed by atoms with van der Waals surface area (Å²) in [7, 11) is 0. The monoisotopic (exact) mass is 211 g/mol. The van der Waals surface area contributed by atoms with Crippen LogP contribution in [0.15, 0.2) is 6.20 Å². The summed E-state index contributed by atoms with van der Waals surface area (Å²) < 4.78 is 0. The smallest absolute Gasteiger partial charge is 0.103 e. The lowest BCUT2D eigenvalue weighted by Gasteiger charge is -2.22. The van der Waals surface area contributed by atoms with Crippen LogP contribution >= 0.6 is 11.8 Å². The van der Waals surface area contributed by atoms with Crippen LogP contribution in [0.1, 0.15) is 24.4 Å². The second-order valence-corrected chi connectivity index (χ2v) is 4.94. The van der Waals surface area contributed by atoms with Gasteiger partial charge in [-0.3, -0.25) is 0 Å². The highest BCUT2D eigenvalue weighted by Gasteiger charge is 2.12. The van der Waals surface area contributed by atoms with Crippen molar-refractivity contribution in [2.24, 2.45) is 0 Å². The van der Waals surface area contributed by atoms with Crippen LogP contribution in [0.4, 0.5) is 0 Å². The predicted molar refractivity (Wildman–Crippen MR) is 60.5 cm³/mol. The van der Waals surface area contributed by atoms with Crippen LogP contribution < -0.4 is 5.32 Å². The molecule has 1 aromatic rings. The van der Waals surface area contributed by atoms with Gasteiger partial charge in [0.1, 0.15) is 5.82 Å². The largest absolute Gasteiger partial charge is 0.345 e. The number of hydrogen-bond acceptors (Lipinski definition) is 3. The van der Waals surface area contributed by atoms with Gasteiger partial charge in [-0.1, -0.05) is 0 Å². The minimum Gasteiger partial charge on any atom is -0.345 e. The van der Waals surface area contributed by atoms with E-state index >= 15 is 0 Å². The van der Waals surface area contributed by atoms with Gasteiger partial charge in [-0.15, -0.1) is 0 Å². The average Bonchev–Trinajstić information content (AvgIpc) is 2.63. The minimum atomic E-state index is 0.692. The van der Waals surface area contributed by atoms with Crippen molar-refractivity contribution in [1.29, 1.82) is 0 Å². The normalized spacial score (nSPS) is 22.5. The van der Waals surface area contributed by atoms with E-state index in [-0.39, 0.29) is 0 Å². The number of rotatable bonds is 3. The van der Waals surface area contributed by atoms with Gasteiger partial charge in [-0.2, -0.15) is 11.8 Å². The molecule has 2 rings (SSSR count). The van der Waals surface area contributed by atoms with E-state index in [1.165, 1.54) is 30.0 Å². The maximum atomic E-state index is 4.18. The Morgan fingerprint density at radius 1 is 1.71 bits per heavy atom. The molecule has 1 saturated heterocycles. The molecular formula is C10H17N3S. The molecule has 0 aromatic carbocycles. The van der Waals surface area contributed by atoms with Crippen LogP contribution in [0.3, 0.4) is 0 Å². The molecular weight excluding hydrogens is 194 g/mol. The molecule has 78 valence electrons. The third-order valence-corrected chi connectivity index (χ3v) is 3.71. The van der Waals surface area contributed by atoms with Gasteiger partial charge in [0.05, 0.1) is 0 Å². The first kappa shape index (κ1) is 10.1. The number of aromatic amines is 1. The predicted octanol–water partition coefficient (Wildman–Crippen LogP) is 1.70. The Morgan fingerprint density at radius 3 is 3.29 bits per heavy atom. The molecule has 2 heterocycles. The quantitative estimate of drug-likeness (QED) is 0.799. The van der Waals surface area contributed by atoms with Crippen molar-refractivity contribution in [2.45, 2.75) is 32.4 Å². The number of thioether (sulfide) groups is 1. The Kier molecular flexibility index (Phi) is 3.48. The van der Waals surface area contributed by atoms with Crippen LogP contribution in [0.25, 0.3) is 0 Å². The van der Waals surface area contributed by atoms with Crippen LogP contribution in [0.5, 0.6) is 0 Å². The van der Waals surface area contributed by atoms with E-state index in [1.807, 2.05) is 13.1 Å². The molecule has 0 aliphatic carbocycles. The van der Waals surface area contributed by atoms with Crippen molar-refractivity contribution in [3.63, 3.8) is 0 Å². The van der Waals surface area contributed by atoms with Crippen LogP contribution in [0, 0.1) is 6.92 Å². The van der Waals surface area contributed by atoms with Crippen LogP contribution in [0.2, 0.25) is 0 Å². The maximum absolute atomic E-state index is 4.18. The van der Waals surface area contributed by atoms with Gasteiger partial charge >= 0.3 is 0 Å². The van der Waals surface area contributed by atoms with Crippen molar-refractivity contribution >= 4 is 11.8 Å². The molecule has 0 bridgehead atoms. The summed E-state index contributed by atoms with van der Waals surface area (Å²) in [6, 6.07) is 0.692. The zero-order valence-electron chi connectivity index (χ0n) is 8.55. The van der Waals surface area contributed by atoms with Crippen LogP contribution in [-0.4, -0.2) is 27.5 Å². The summed E-state index contributed by atoms with van der Waals surface area (Å²) in [6.07, 6.45) is 4.59. The van der Waals surface area contributed by atoms with Gasteiger partial charge in [0.2, 0.25) is 0 Å². The molecule has 0 spiro atoms. The Hall–Kier alpha value is -0.480. The summed E-state index contributed by atoms with van der Waals surface area (Å²) in [5.41, 5.74) is 1.19. The summed E-state index contributed by atoms with van der Waals surface area (Å²) in [4.78, 5) is 7.41. The molecule has 1 aromatic heterocycles. The van der Waals surface area contributed by atoms with Crippen molar-refractivity contribution in [3.8, 4) is 0 Å². The van der Waals surface area contributed by atoms with E-state index in [0.717, 1.165) is 12.4 Å². The molecule has 1 atom stereocenters. The topological polar surface area (TPSA) is 40.7 Å². The molecule has 1 aliphatic rings. The van der Waals surface area contributed by atoms with Gasteiger partial charge in [0.15, 0.2) is 0 Å². The number of aromatic nitrogens is 2. The SMILES string of the molecule is Cc1ncc(CNC2CCCSC2)[nH]1. The van der Waals surface area contributed by atoms with E-state index in [4.69, 9.17) is 0 Å². The molecule has 3 nitrogen and oxygen atoms in total. The van der Waals surface area contributed by atoms with Crippen molar-refractivity contribution in [2.75, 3.05) is 11.5 Å². The van der Waals surface area contributed by atoms with Gasteiger partial charge in [-0.25, -0.2) is 4.98 Å². The number of nitrogens with zero attached hydrogens (tertiary/aromatic N) is 1. The first-order valence-corrected chi connectivity index (χ1v) is 6.31. The zero-order chi connectivity index (χ0) is 9.80. The fraction of sp³-hybridized carbons (Fsp3) is 0.700. The molecule has 14 heavy (non-hydrogen) atoms. The van der Waals surface area contributed by atoms with E-state index < -0.39 is 0 Å². The van der Waals surface area contributed by atoms with Gasteiger partial charge in [0.25, 0.3) is 0 Å². The lowest BCUT2D eigenvalue weighted by molar-refractivity contribution is 0.504. The summed E-state index contributed by atoms with van der Waals surface area (Å²) in [6.45, 7) is 2.91. The Balaban J connectivity index is 1.76. The Bertz CT molecular complexity index is 279. The Morgan fingerprint density at radius 2 is 2.64 bits per heavy atom. The number of nitrogens with one attached hydrogen (secondary N) is 2.